The number of allylic oxidation sites excluding steroid dienone is 2. The SMILES string of the molecule is CCCCCCCCCC/C=C/C(=N\c1cc(CCCCC)cc(CCCCC)c1)C(/CCCC)=N/c1cc(CCCCC)cc(CCCCC)c1.[Ni]. The van der Waals surface area contributed by atoms with Gasteiger partial charge < -0.3 is 0 Å². The predicted molar refractivity (Wildman–Crippen MR) is 236 cm³/mol. The molecule has 2 nitrogen and oxygen atoms in total. The summed E-state index contributed by atoms with van der Waals surface area (Å²) >= 11 is 0. The van der Waals surface area contributed by atoms with Crippen LogP contribution >= 0.6 is 0 Å². The Kier molecular flexibility index (Phi) is 30.9. The molecule has 53 heavy (non-hydrogen) atoms. The van der Waals surface area contributed by atoms with Crippen LogP contribution in [-0.2, 0) is 42.2 Å². The van der Waals surface area contributed by atoms with Crippen LogP contribution in [0.4, 0.5) is 11.4 Å². The Hall–Kier alpha value is -1.99. The predicted octanol–water partition coefficient (Wildman–Crippen LogP) is 16.7. The quantitative estimate of drug-likeness (QED) is 0.0402. The third-order valence-corrected chi connectivity index (χ3v) is 10.4. The Morgan fingerprint density at radius 3 is 1.19 bits per heavy atom. The minimum absolute atomic E-state index is 0. The third kappa shape index (κ3) is 23.5. The fourth-order valence-electron chi connectivity index (χ4n) is 7.18. The first-order valence-electron chi connectivity index (χ1n) is 22.6. The Balaban J connectivity index is 0.0000140. The van der Waals surface area contributed by atoms with Crippen LogP contribution in [0.15, 0.2) is 58.5 Å². The minimum atomic E-state index is 0. The molecule has 0 spiro atoms. The van der Waals surface area contributed by atoms with Gasteiger partial charge in [0.2, 0.25) is 0 Å². The fourth-order valence-corrected chi connectivity index (χ4v) is 7.18. The van der Waals surface area contributed by atoms with Gasteiger partial charge in [0.1, 0.15) is 0 Å². The number of benzene rings is 2. The number of rotatable bonds is 32. The molecule has 3 heteroatoms. The molecule has 0 aliphatic heterocycles. The summed E-state index contributed by atoms with van der Waals surface area (Å²) in [6.07, 6.45) is 39.7. The van der Waals surface area contributed by atoms with Crippen molar-refractivity contribution in [2.75, 3.05) is 0 Å². The van der Waals surface area contributed by atoms with Gasteiger partial charge in [-0.2, -0.15) is 0 Å². The molecule has 0 radical (unpaired) electrons. The van der Waals surface area contributed by atoms with E-state index in [1.54, 1.807) is 0 Å². The molecule has 0 atom stereocenters. The van der Waals surface area contributed by atoms with Crippen LogP contribution in [-0.4, -0.2) is 11.4 Å². The van der Waals surface area contributed by atoms with Crippen molar-refractivity contribution in [1.82, 2.24) is 0 Å². The van der Waals surface area contributed by atoms with Gasteiger partial charge in [0.25, 0.3) is 0 Å². The average Bonchev–Trinajstić information content (AvgIpc) is 3.14. The zero-order valence-corrected chi connectivity index (χ0v) is 36.6. The first-order chi connectivity index (χ1) is 25.6. The molecular weight excluding hydrogens is 687 g/mol. The van der Waals surface area contributed by atoms with E-state index in [1.807, 2.05) is 0 Å². The van der Waals surface area contributed by atoms with Gasteiger partial charge in [-0.05, 0) is 130 Å². The van der Waals surface area contributed by atoms with Crippen LogP contribution in [0.5, 0.6) is 0 Å². The summed E-state index contributed by atoms with van der Waals surface area (Å²) in [5, 5.41) is 0. The van der Waals surface area contributed by atoms with E-state index in [0.717, 1.165) is 74.2 Å². The van der Waals surface area contributed by atoms with Gasteiger partial charge in [0.15, 0.2) is 0 Å². The number of aliphatic imine (C=N–C) groups is 2. The molecule has 0 amide bonds. The summed E-state index contributed by atoms with van der Waals surface area (Å²) in [5.74, 6) is 0. The molecule has 0 aromatic heterocycles. The number of aryl methyl sites for hydroxylation is 4. The maximum Gasteiger partial charge on any atom is 0.0848 e. The second-order valence-electron chi connectivity index (χ2n) is 15.7. The van der Waals surface area contributed by atoms with Crippen LogP contribution in [0.2, 0.25) is 0 Å². The Morgan fingerprint density at radius 2 is 0.774 bits per heavy atom. The number of hydrogen-bond donors (Lipinski definition) is 0. The largest absolute Gasteiger partial charge is 0.251 e. The molecule has 0 saturated heterocycles. The van der Waals surface area contributed by atoms with E-state index in [9.17, 15) is 0 Å². The summed E-state index contributed by atoms with van der Waals surface area (Å²) in [5.41, 5.74) is 10.3. The van der Waals surface area contributed by atoms with E-state index in [-0.39, 0.29) is 16.5 Å². The van der Waals surface area contributed by atoms with Crippen LogP contribution in [0.25, 0.3) is 0 Å². The normalized spacial score (nSPS) is 12.2. The van der Waals surface area contributed by atoms with Crippen molar-refractivity contribution in [2.45, 2.75) is 221 Å². The topological polar surface area (TPSA) is 24.7 Å². The Bertz CT molecular complexity index is 1220. The monoisotopic (exact) mass is 769 g/mol. The van der Waals surface area contributed by atoms with E-state index < -0.39 is 0 Å². The molecule has 2 aromatic rings. The second-order valence-corrected chi connectivity index (χ2v) is 15.7. The number of unbranched alkanes of at least 4 members (excludes halogenated alkanes) is 17. The Morgan fingerprint density at radius 1 is 0.415 bits per heavy atom. The van der Waals surface area contributed by atoms with E-state index in [4.69, 9.17) is 9.98 Å². The molecule has 0 unspecified atom stereocenters. The maximum absolute atomic E-state index is 5.54. The van der Waals surface area contributed by atoms with Crippen LogP contribution in [0.1, 0.15) is 218 Å². The zero-order valence-electron chi connectivity index (χ0n) is 35.6. The van der Waals surface area contributed by atoms with Crippen molar-refractivity contribution in [3.05, 3.63) is 70.8 Å². The summed E-state index contributed by atoms with van der Waals surface area (Å²) in [4.78, 5) is 11.1. The van der Waals surface area contributed by atoms with Crippen LogP contribution in [0, 0.1) is 0 Å². The van der Waals surface area contributed by atoms with E-state index >= 15 is 0 Å². The second kappa shape index (κ2) is 33.4. The summed E-state index contributed by atoms with van der Waals surface area (Å²) in [6, 6.07) is 14.5. The van der Waals surface area contributed by atoms with Crippen molar-refractivity contribution in [2.24, 2.45) is 9.98 Å². The van der Waals surface area contributed by atoms with Crippen molar-refractivity contribution < 1.29 is 16.5 Å². The van der Waals surface area contributed by atoms with Gasteiger partial charge >= 0.3 is 0 Å². The molecule has 0 fully saturated rings. The van der Waals surface area contributed by atoms with Crippen molar-refractivity contribution in [3.8, 4) is 0 Å². The van der Waals surface area contributed by atoms with Gasteiger partial charge in [0.05, 0.1) is 22.8 Å². The smallest absolute Gasteiger partial charge is 0.0848 e. The number of nitrogens with zero attached hydrogens (tertiary/aromatic N) is 2. The van der Waals surface area contributed by atoms with E-state index in [0.29, 0.717) is 0 Å². The number of hydrogen-bond acceptors (Lipinski definition) is 2. The summed E-state index contributed by atoms with van der Waals surface area (Å²) in [7, 11) is 0. The summed E-state index contributed by atoms with van der Waals surface area (Å²) in [6.45, 7) is 13.8. The van der Waals surface area contributed by atoms with Gasteiger partial charge in [-0.1, -0.05) is 162 Å². The minimum Gasteiger partial charge on any atom is -0.251 e. The molecule has 0 aliphatic carbocycles. The molecule has 2 aromatic carbocycles. The van der Waals surface area contributed by atoms with Crippen LogP contribution < -0.4 is 0 Å². The molecule has 0 heterocycles. The molecule has 302 valence electrons. The third-order valence-electron chi connectivity index (χ3n) is 10.4. The molecule has 0 N–H and O–H groups in total. The summed E-state index contributed by atoms with van der Waals surface area (Å²) < 4.78 is 0. The van der Waals surface area contributed by atoms with Gasteiger partial charge in [-0.25, -0.2) is 4.99 Å². The zero-order chi connectivity index (χ0) is 37.5. The molecule has 0 aliphatic rings. The first kappa shape index (κ1) is 49.0. The van der Waals surface area contributed by atoms with Crippen molar-refractivity contribution >= 4 is 22.8 Å². The molecule has 2 rings (SSSR count). The standard InChI is InChI=1S/C50H82N2.Ni/c1-7-13-19-20-21-22-23-24-25-30-36-50(52-48-41-45(33-28-16-10-4)38-46(42-48)34-29-17-11-5)49(35-18-12-6)51-47-39-43(31-26-14-8-2)37-44(40-47)32-27-15-9-3;/h30,36-42H,7-29,31-35H2,1-6H3;/b36-30+,51-49+,52-50+;. The van der Waals surface area contributed by atoms with E-state index in [2.05, 4.69) is 90.1 Å². The van der Waals surface area contributed by atoms with Gasteiger partial charge in [-0.3, -0.25) is 4.99 Å². The van der Waals surface area contributed by atoms with E-state index in [1.165, 1.54) is 151 Å². The van der Waals surface area contributed by atoms with Crippen molar-refractivity contribution in [3.63, 3.8) is 0 Å². The fraction of sp³-hybridized carbons (Fsp3) is 0.680. The Labute approximate surface area is 340 Å². The van der Waals surface area contributed by atoms with Gasteiger partial charge in [0, 0.05) is 16.5 Å². The molecular formula is C50H82N2Ni. The average molecular weight is 770 g/mol. The first-order valence-corrected chi connectivity index (χ1v) is 22.6. The molecule has 0 saturated carbocycles. The molecule has 0 bridgehead atoms. The van der Waals surface area contributed by atoms with Gasteiger partial charge in [-0.15, -0.1) is 0 Å². The maximum atomic E-state index is 5.54. The van der Waals surface area contributed by atoms with Crippen LogP contribution in [0.3, 0.4) is 0 Å². The van der Waals surface area contributed by atoms with Crippen molar-refractivity contribution in [1.29, 1.82) is 0 Å².